The molecule has 0 spiro atoms. The largest absolute Gasteiger partial charge is 0.496 e. The summed E-state index contributed by atoms with van der Waals surface area (Å²) < 4.78 is 5.33. The lowest BCUT2D eigenvalue weighted by Crippen LogP contribution is -1.96. The smallest absolute Gasteiger partial charge is 0.348 e. The monoisotopic (exact) mass is 277 g/mol. The summed E-state index contributed by atoms with van der Waals surface area (Å²) >= 11 is 1.16. The van der Waals surface area contributed by atoms with Crippen molar-refractivity contribution in [1.82, 2.24) is 0 Å². The maximum absolute atomic E-state index is 11.0. The molecule has 0 aliphatic carbocycles. The zero-order valence-electron chi connectivity index (χ0n) is 10.8. The van der Waals surface area contributed by atoms with Crippen molar-refractivity contribution >= 4 is 23.0 Å². The molecule has 2 aromatic rings. The molecule has 0 saturated heterocycles. The van der Waals surface area contributed by atoms with Crippen molar-refractivity contribution in [2.45, 2.75) is 13.3 Å². The van der Waals surface area contributed by atoms with Gasteiger partial charge in [0.05, 0.1) is 12.8 Å². The number of rotatable bonds is 4. The van der Waals surface area contributed by atoms with Crippen LogP contribution in [0.1, 0.15) is 22.2 Å². The molecule has 0 aliphatic rings. The molecule has 1 aromatic heterocycles. The molecule has 2 rings (SSSR count). The summed E-state index contributed by atoms with van der Waals surface area (Å²) in [6, 6.07) is 7.59. The number of carbonyl (C=O) groups is 1. The van der Waals surface area contributed by atoms with Crippen LogP contribution in [-0.4, -0.2) is 18.2 Å². The number of hydrogen-bond donors (Lipinski definition) is 2. The van der Waals surface area contributed by atoms with E-state index in [1.54, 1.807) is 13.2 Å². The Morgan fingerprint density at radius 1 is 1.42 bits per heavy atom. The number of nitrogen functional groups attached to an aromatic ring is 1. The third-order valence-electron chi connectivity index (χ3n) is 2.89. The van der Waals surface area contributed by atoms with E-state index < -0.39 is 5.97 Å². The number of carboxylic acid groups (broad SMARTS) is 1. The molecule has 0 bridgehead atoms. The van der Waals surface area contributed by atoms with E-state index in [4.69, 9.17) is 15.6 Å². The van der Waals surface area contributed by atoms with Crippen LogP contribution in [0.5, 0.6) is 5.75 Å². The van der Waals surface area contributed by atoms with Gasteiger partial charge in [0.15, 0.2) is 0 Å². The van der Waals surface area contributed by atoms with E-state index in [0.717, 1.165) is 33.9 Å². The lowest BCUT2D eigenvalue weighted by molar-refractivity contribution is 0.0703. The number of carboxylic acids is 1. The zero-order valence-corrected chi connectivity index (χ0v) is 11.6. The summed E-state index contributed by atoms with van der Waals surface area (Å²) in [6.45, 7) is 2.07. The number of ether oxygens (including phenoxy) is 1. The van der Waals surface area contributed by atoms with Gasteiger partial charge in [-0.1, -0.05) is 13.0 Å². The fourth-order valence-corrected chi connectivity index (χ4v) is 2.81. The SMILES string of the molecule is CCc1ccc(OC)c(-c2cc(N)c(C(=O)O)s2)c1. The van der Waals surface area contributed by atoms with E-state index >= 15 is 0 Å². The quantitative estimate of drug-likeness (QED) is 0.899. The zero-order chi connectivity index (χ0) is 14.0. The minimum absolute atomic E-state index is 0.166. The molecule has 0 radical (unpaired) electrons. The highest BCUT2D eigenvalue weighted by molar-refractivity contribution is 7.18. The molecule has 0 fully saturated rings. The van der Waals surface area contributed by atoms with Crippen LogP contribution < -0.4 is 10.5 Å². The van der Waals surface area contributed by atoms with Crippen LogP contribution in [0.25, 0.3) is 10.4 Å². The van der Waals surface area contributed by atoms with Crippen molar-refractivity contribution in [3.63, 3.8) is 0 Å². The summed E-state index contributed by atoms with van der Waals surface area (Å²) in [6.07, 6.45) is 0.906. The summed E-state index contributed by atoms with van der Waals surface area (Å²) in [4.78, 5) is 12.0. The van der Waals surface area contributed by atoms with Crippen LogP contribution in [0, 0.1) is 0 Å². The third-order valence-corrected chi connectivity index (χ3v) is 4.06. The van der Waals surface area contributed by atoms with Crippen molar-refractivity contribution in [1.29, 1.82) is 0 Å². The van der Waals surface area contributed by atoms with Gasteiger partial charge in [0, 0.05) is 10.4 Å². The fourth-order valence-electron chi connectivity index (χ4n) is 1.87. The second-order valence-corrected chi connectivity index (χ2v) is 5.14. The standard InChI is InChI=1S/C14H15NO3S/c1-3-8-4-5-11(18-2)9(6-8)12-7-10(15)13(19-12)14(16)17/h4-7H,3,15H2,1-2H3,(H,16,17). The van der Waals surface area contributed by atoms with E-state index in [2.05, 4.69) is 6.92 Å². The molecule has 5 heteroatoms. The predicted octanol–water partition coefficient (Wildman–Crippen LogP) is 3.27. The number of anilines is 1. The Morgan fingerprint density at radius 3 is 2.68 bits per heavy atom. The van der Waals surface area contributed by atoms with Crippen LogP contribution in [0.2, 0.25) is 0 Å². The molecular weight excluding hydrogens is 262 g/mol. The Labute approximate surface area is 115 Å². The van der Waals surface area contributed by atoms with E-state index in [9.17, 15) is 4.79 Å². The number of aromatic carboxylic acids is 1. The first kappa shape index (κ1) is 13.4. The lowest BCUT2D eigenvalue weighted by Gasteiger charge is -2.08. The molecule has 1 aromatic carbocycles. The number of hydrogen-bond acceptors (Lipinski definition) is 4. The molecule has 19 heavy (non-hydrogen) atoms. The van der Waals surface area contributed by atoms with E-state index in [1.165, 1.54) is 5.56 Å². The van der Waals surface area contributed by atoms with Gasteiger partial charge in [0.1, 0.15) is 10.6 Å². The summed E-state index contributed by atoms with van der Waals surface area (Å²) in [5, 5.41) is 9.05. The van der Waals surface area contributed by atoms with Crippen molar-refractivity contribution in [2.75, 3.05) is 12.8 Å². The van der Waals surface area contributed by atoms with Crippen LogP contribution in [0.4, 0.5) is 5.69 Å². The molecule has 3 N–H and O–H groups in total. The second kappa shape index (κ2) is 5.32. The van der Waals surface area contributed by atoms with Crippen molar-refractivity contribution in [3.8, 4) is 16.2 Å². The van der Waals surface area contributed by atoms with Gasteiger partial charge in [-0.05, 0) is 30.2 Å². The first-order chi connectivity index (χ1) is 9.06. The van der Waals surface area contributed by atoms with E-state index in [0.29, 0.717) is 0 Å². The third kappa shape index (κ3) is 2.56. The number of thiophene rings is 1. The molecule has 1 heterocycles. The highest BCUT2D eigenvalue weighted by atomic mass is 32.1. The van der Waals surface area contributed by atoms with Crippen LogP contribution >= 0.6 is 11.3 Å². The maximum atomic E-state index is 11.0. The number of methoxy groups -OCH3 is 1. The first-order valence-electron chi connectivity index (χ1n) is 5.86. The Morgan fingerprint density at radius 2 is 2.16 bits per heavy atom. The predicted molar refractivity (Wildman–Crippen MR) is 77.1 cm³/mol. The van der Waals surface area contributed by atoms with Crippen molar-refractivity contribution in [3.05, 3.63) is 34.7 Å². The highest BCUT2D eigenvalue weighted by Crippen LogP contribution is 2.38. The van der Waals surface area contributed by atoms with Crippen molar-refractivity contribution < 1.29 is 14.6 Å². The molecule has 0 amide bonds. The average molecular weight is 277 g/mol. The Bertz CT molecular complexity index is 619. The molecule has 4 nitrogen and oxygen atoms in total. The molecular formula is C14H15NO3S. The van der Waals surface area contributed by atoms with Gasteiger partial charge in [-0.3, -0.25) is 0 Å². The first-order valence-corrected chi connectivity index (χ1v) is 6.68. The highest BCUT2D eigenvalue weighted by Gasteiger charge is 2.16. The van der Waals surface area contributed by atoms with Gasteiger partial charge in [-0.25, -0.2) is 4.79 Å². The van der Waals surface area contributed by atoms with Gasteiger partial charge >= 0.3 is 5.97 Å². The topological polar surface area (TPSA) is 72.5 Å². The molecule has 0 aliphatic heterocycles. The van der Waals surface area contributed by atoms with Crippen LogP contribution in [0.3, 0.4) is 0 Å². The molecule has 0 saturated carbocycles. The van der Waals surface area contributed by atoms with Crippen LogP contribution in [0.15, 0.2) is 24.3 Å². The molecule has 0 unspecified atom stereocenters. The van der Waals surface area contributed by atoms with Gasteiger partial charge in [-0.15, -0.1) is 11.3 Å². The second-order valence-electron chi connectivity index (χ2n) is 4.09. The van der Waals surface area contributed by atoms with Gasteiger partial charge in [0.25, 0.3) is 0 Å². The minimum Gasteiger partial charge on any atom is -0.496 e. The maximum Gasteiger partial charge on any atom is 0.348 e. The minimum atomic E-state index is -1.00. The molecule has 100 valence electrons. The lowest BCUT2D eigenvalue weighted by atomic mass is 10.1. The summed E-state index contributed by atoms with van der Waals surface area (Å²) in [5.74, 6) is -0.283. The van der Waals surface area contributed by atoms with E-state index in [1.807, 2.05) is 18.2 Å². The average Bonchev–Trinajstić information content (AvgIpc) is 2.80. The van der Waals surface area contributed by atoms with Gasteiger partial charge in [0.2, 0.25) is 0 Å². The van der Waals surface area contributed by atoms with Gasteiger partial charge < -0.3 is 15.6 Å². The number of nitrogens with two attached hydrogens (primary N) is 1. The van der Waals surface area contributed by atoms with Crippen LogP contribution in [-0.2, 0) is 6.42 Å². The normalized spacial score (nSPS) is 10.4. The van der Waals surface area contributed by atoms with Crippen molar-refractivity contribution in [2.24, 2.45) is 0 Å². The summed E-state index contributed by atoms with van der Waals surface area (Å²) in [7, 11) is 1.60. The molecule has 0 atom stereocenters. The number of aryl methyl sites for hydroxylation is 1. The number of benzene rings is 1. The Hall–Kier alpha value is -2.01. The summed E-state index contributed by atoms with van der Waals surface area (Å²) in [5.41, 5.74) is 8.07. The van der Waals surface area contributed by atoms with E-state index in [-0.39, 0.29) is 10.6 Å². The van der Waals surface area contributed by atoms with Gasteiger partial charge in [-0.2, -0.15) is 0 Å². The Balaban J connectivity index is 2.57. The Kier molecular flexibility index (Phi) is 3.76. The fraction of sp³-hybridized carbons (Fsp3) is 0.214.